The summed E-state index contributed by atoms with van der Waals surface area (Å²) in [5, 5.41) is 0. The number of hydrogen-bond acceptors (Lipinski definition) is 4. The second kappa shape index (κ2) is 7.46. The van der Waals surface area contributed by atoms with E-state index in [0.717, 1.165) is 32.7 Å². The van der Waals surface area contributed by atoms with Crippen LogP contribution in [0.4, 0.5) is 5.69 Å². The van der Waals surface area contributed by atoms with Crippen molar-refractivity contribution < 1.29 is 9.53 Å². The maximum absolute atomic E-state index is 11.4. The van der Waals surface area contributed by atoms with Crippen molar-refractivity contribution in [2.24, 2.45) is 0 Å². The number of rotatable bonds is 5. The van der Waals surface area contributed by atoms with Gasteiger partial charge in [0, 0.05) is 38.4 Å². The predicted molar refractivity (Wildman–Crippen MR) is 85.8 cm³/mol. The lowest BCUT2D eigenvalue weighted by molar-refractivity contribution is -0.143. The van der Waals surface area contributed by atoms with Gasteiger partial charge in [-0.1, -0.05) is 12.1 Å². The number of carbonyl (C=O) groups is 1. The Kier molecular flexibility index (Phi) is 5.62. The van der Waals surface area contributed by atoms with Gasteiger partial charge in [0.1, 0.15) is 0 Å². The quantitative estimate of drug-likeness (QED) is 0.780. The monoisotopic (exact) mass is 290 g/mol. The molecule has 0 aromatic heterocycles. The Morgan fingerprint density at radius 1 is 1.19 bits per heavy atom. The van der Waals surface area contributed by atoms with Gasteiger partial charge in [-0.05, 0) is 38.0 Å². The average Bonchev–Trinajstić information content (AvgIpc) is 2.49. The van der Waals surface area contributed by atoms with Crippen molar-refractivity contribution in [1.29, 1.82) is 0 Å². The highest BCUT2D eigenvalue weighted by atomic mass is 16.5. The zero-order valence-corrected chi connectivity index (χ0v) is 13.4. The first-order valence-electron chi connectivity index (χ1n) is 7.81. The number of esters is 1. The number of anilines is 1. The van der Waals surface area contributed by atoms with Gasteiger partial charge in [0.2, 0.25) is 0 Å². The molecule has 0 unspecified atom stereocenters. The summed E-state index contributed by atoms with van der Waals surface area (Å²) in [5.41, 5.74) is 4.06. The molecule has 4 heteroatoms. The summed E-state index contributed by atoms with van der Waals surface area (Å²) < 4.78 is 4.98. The molecule has 0 radical (unpaired) electrons. The Bertz CT molecular complexity index is 480. The molecule has 0 spiro atoms. The van der Waals surface area contributed by atoms with Crippen LogP contribution in [0.5, 0.6) is 0 Å². The predicted octanol–water partition coefficient (Wildman–Crippen LogP) is 2.38. The van der Waals surface area contributed by atoms with Crippen LogP contribution < -0.4 is 4.90 Å². The van der Waals surface area contributed by atoms with Gasteiger partial charge in [0.15, 0.2) is 0 Å². The third-order valence-electron chi connectivity index (χ3n) is 4.23. The van der Waals surface area contributed by atoms with Gasteiger partial charge in [-0.25, -0.2) is 0 Å². The summed E-state index contributed by atoms with van der Waals surface area (Å²) in [6.45, 7) is 11.5. The molecule has 4 nitrogen and oxygen atoms in total. The molecular formula is C17H26N2O2. The second-order valence-electron chi connectivity index (χ2n) is 5.60. The van der Waals surface area contributed by atoms with E-state index in [1.807, 2.05) is 6.92 Å². The molecule has 21 heavy (non-hydrogen) atoms. The first-order valence-corrected chi connectivity index (χ1v) is 7.81. The Balaban J connectivity index is 1.83. The van der Waals surface area contributed by atoms with Crippen molar-refractivity contribution in [2.75, 3.05) is 44.2 Å². The number of aryl methyl sites for hydroxylation is 1. The fourth-order valence-electron chi connectivity index (χ4n) is 2.77. The van der Waals surface area contributed by atoms with Gasteiger partial charge in [-0.2, -0.15) is 0 Å². The van der Waals surface area contributed by atoms with E-state index >= 15 is 0 Å². The molecule has 1 aliphatic rings. The van der Waals surface area contributed by atoms with E-state index in [0.29, 0.717) is 13.0 Å². The molecule has 0 aliphatic carbocycles. The second-order valence-corrected chi connectivity index (χ2v) is 5.60. The fourth-order valence-corrected chi connectivity index (χ4v) is 2.77. The molecule has 0 bridgehead atoms. The standard InChI is InChI=1S/C17H26N2O2/c1-4-21-17(20)8-9-18-10-12-19(13-11-18)16-7-5-6-14(2)15(16)3/h5-7H,4,8-13H2,1-3H3. The Morgan fingerprint density at radius 2 is 1.90 bits per heavy atom. The minimum atomic E-state index is -0.0885. The van der Waals surface area contributed by atoms with Crippen LogP contribution in [0.3, 0.4) is 0 Å². The van der Waals surface area contributed by atoms with Crippen LogP contribution in [0, 0.1) is 13.8 Å². The summed E-state index contributed by atoms with van der Waals surface area (Å²) in [4.78, 5) is 16.2. The SMILES string of the molecule is CCOC(=O)CCN1CCN(c2cccc(C)c2C)CC1. The fraction of sp³-hybridized carbons (Fsp3) is 0.588. The lowest BCUT2D eigenvalue weighted by atomic mass is 10.1. The van der Waals surface area contributed by atoms with Crippen molar-refractivity contribution >= 4 is 11.7 Å². The average molecular weight is 290 g/mol. The molecule has 1 heterocycles. The van der Waals surface area contributed by atoms with Gasteiger partial charge in [0.05, 0.1) is 13.0 Å². The van der Waals surface area contributed by atoms with E-state index in [-0.39, 0.29) is 5.97 Å². The van der Waals surface area contributed by atoms with Crippen LogP contribution in [-0.4, -0.2) is 50.2 Å². The molecule has 0 saturated carbocycles. The third-order valence-corrected chi connectivity index (χ3v) is 4.23. The summed E-state index contributed by atoms with van der Waals surface area (Å²) >= 11 is 0. The molecule has 1 saturated heterocycles. The third kappa shape index (κ3) is 4.21. The number of piperazine rings is 1. The zero-order valence-electron chi connectivity index (χ0n) is 13.4. The lowest BCUT2D eigenvalue weighted by Crippen LogP contribution is -2.47. The minimum Gasteiger partial charge on any atom is -0.466 e. The van der Waals surface area contributed by atoms with Crippen molar-refractivity contribution in [3.05, 3.63) is 29.3 Å². The molecule has 0 amide bonds. The summed E-state index contributed by atoms with van der Waals surface area (Å²) in [6, 6.07) is 6.50. The lowest BCUT2D eigenvalue weighted by Gasteiger charge is -2.36. The summed E-state index contributed by atoms with van der Waals surface area (Å²) in [5.74, 6) is -0.0885. The van der Waals surface area contributed by atoms with Gasteiger partial charge < -0.3 is 9.64 Å². The van der Waals surface area contributed by atoms with E-state index in [1.54, 1.807) is 0 Å². The Hall–Kier alpha value is -1.55. The summed E-state index contributed by atoms with van der Waals surface area (Å²) in [6.07, 6.45) is 0.497. The van der Waals surface area contributed by atoms with Crippen LogP contribution in [-0.2, 0) is 9.53 Å². The smallest absolute Gasteiger partial charge is 0.307 e. The van der Waals surface area contributed by atoms with Crippen molar-refractivity contribution in [2.45, 2.75) is 27.2 Å². The van der Waals surface area contributed by atoms with Crippen LogP contribution in [0.25, 0.3) is 0 Å². The zero-order chi connectivity index (χ0) is 15.2. The minimum absolute atomic E-state index is 0.0885. The maximum Gasteiger partial charge on any atom is 0.307 e. The Labute approximate surface area is 127 Å². The molecular weight excluding hydrogens is 264 g/mol. The van der Waals surface area contributed by atoms with Crippen LogP contribution in [0.15, 0.2) is 18.2 Å². The molecule has 1 fully saturated rings. The number of ether oxygens (including phenoxy) is 1. The van der Waals surface area contributed by atoms with Crippen LogP contribution in [0.1, 0.15) is 24.5 Å². The first-order chi connectivity index (χ1) is 10.1. The number of nitrogens with zero attached hydrogens (tertiary/aromatic N) is 2. The van der Waals surface area contributed by atoms with Crippen LogP contribution in [0.2, 0.25) is 0 Å². The van der Waals surface area contributed by atoms with Crippen molar-refractivity contribution in [3.63, 3.8) is 0 Å². The topological polar surface area (TPSA) is 32.8 Å². The van der Waals surface area contributed by atoms with E-state index in [4.69, 9.17) is 4.74 Å². The van der Waals surface area contributed by atoms with Crippen molar-refractivity contribution in [3.8, 4) is 0 Å². The largest absolute Gasteiger partial charge is 0.466 e. The van der Waals surface area contributed by atoms with E-state index < -0.39 is 0 Å². The van der Waals surface area contributed by atoms with E-state index in [1.165, 1.54) is 16.8 Å². The molecule has 0 N–H and O–H groups in total. The number of carbonyl (C=O) groups excluding carboxylic acids is 1. The van der Waals surface area contributed by atoms with Crippen LogP contribution >= 0.6 is 0 Å². The molecule has 1 aliphatic heterocycles. The molecule has 0 atom stereocenters. The van der Waals surface area contributed by atoms with Gasteiger partial charge in [-0.3, -0.25) is 9.69 Å². The first kappa shape index (κ1) is 15.8. The highest BCUT2D eigenvalue weighted by molar-refractivity contribution is 5.69. The normalized spacial score (nSPS) is 16.0. The molecule has 1 aromatic carbocycles. The Morgan fingerprint density at radius 3 is 2.57 bits per heavy atom. The van der Waals surface area contributed by atoms with E-state index in [9.17, 15) is 4.79 Å². The van der Waals surface area contributed by atoms with E-state index in [2.05, 4.69) is 41.8 Å². The molecule has 1 aromatic rings. The van der Waals surface area contributed by atoms with Gasteiger partial charge >= 0.3 is 5.97 Å². The highest BCUT2D eigenvalue weighted by Crippen LogP contribution is 2.23. The maximum atomic E-state index is 11.4. The summed E-state index contributed by atoms with van der Waals surface area (Å²) in [7, 11) is 0. The van der Waals surface area contributed by atoms with Gasteiger partial charge in [0.25, 0.3) is 0 Å². The number of hydrogen-bond donors (Lipinski definition) is 0. The van der Waals surface area contributed by atoms with Gasteiger partial charge in [-0.15, -0.1) is 0 Å². The molecule has 116 valence electrons. The number of benzene rings is 1. The van der Waals surface area contributed by atoms with Crippen molar-refractivity contribution in [1.82, 2.24) is 4.90 Å². The molecule has 2 rings (SSSR count). The highest BCUT2D eigenvalue weighted by Gasteiger charge is 2.19.